The lowest BCUT2D eigenvalue weighted by Crippen LogP contribution is -2.39. The fraction of sp³-hybridized carbons (Fsp3) is 0.333. The van der Waals surface area contributed by atoms with Crippen LogP contribution < -0.4 is 10.6 Å². The predicted molar refractivity (Wildman–Crippen MR) is 114 cm³/mol. The number of benzene rings is 1. The smallest absolute Gasteiger partial charge is 0.191 e. The standard InChI is InChI=1S/C18H24N6.HI/c1-2-19-18(21-11-13-24-12-5-9-23-24)20-10-8-15-14-22-17-7-4-3-6-16(15)17;/h3-7,9,12,14,22H,2,8,10-11,13H2,1H3,(H2,19,20,21);1H. The highest BCUT2D eigenvalue weighted by molar-refractivity contribution is 14.0. The minimum Gasteiger partial charge on any atom is -0.361 e. The molecule has 134 valence electrons. The molecule has 2 heterocycles. The molecule has 3 aromatic rings. The number of hydrogen-bond acceptors (Lipinski definition) is 2. The van der Waals surface area contributed by atoms with Crippen molar-refractivity contribution in [1.29, 1.82) is 0 Å². The predicted octanol–water partition coefficient (Wildman–Crippen LogP) is 2.78. The van der Waals surface area contributed by atoms with Crippen molar-refractivity contribution in [2.75, 3.05) is 19.6 Å². The summed E-state index contributed by atoms with van der Waals surface area (Å²) in [5.41, 5.74) is 2.49. The van der Waals surface area contributed by atoms with Crippen molar-refractivity contribution in [2.24, 2.45) is 4.99 Å². The van der Waals surface area contributed by atoms with Gasteiger partial charge in [-0.05, 0) is 31.0 Å². The van der Waals surface area contributed by atoms with Crippen LogP contribution in [0, 0.1) is 0 Å². The first-order chi connectivity index (χ1) is 11.9. The van der Waals surface area contributed by atoms with Gasteiger partial charge >= 0.3 is 0 Å². The van der Waals surface area contributed by atoms with Crippen LogP contribution in [0.4, 0.5) is 0 Å². The van der Waals surface area contributed by atoms with Crippen LogP contribution in [0.2, 0.25) is 0 Å². The van der Waals surface area contributed by atoms with Gasteiger partial charge in [-0.3, -0.25) is 9.67 Å². The molecule has 0 aliphatic rings. The molecule has 0 atom stereocenters. The SMILES string of the molecule is CCNC(=NCCc1c[nH]c2ccccc12)NCCn1cccn1.I. The van der Waals surface area contributed by atoms with E-state index in [2.05, 4.69) is 57.0 Å². The number of fused-ring (bicyclic) bond motifs is 1. The molecule has 7 heteroatoms. The van der Waals surface area contributed by atoms with Crippen LogP contribution in [0.3, 0.4) is 0 Å². The molecule has 3 N–H and O–H groups in total. The van der Waals surface area contributed by atoms with E-state index in [1.165, 1.54) is 16.5 Å². The summed E-state index contributed by atoms with van der Waals surface area (Å²) in [7, 11) is 0. The van der Waals surface area contributed by atoms with Crippen LogP contribution in [0.5, 0.6) is 0 Å². The molecule has 0 amide bonds. The molecule has 0 radical (unpaired) electrons. The van der Waals surface area contributed by atoms with Crippen molar-refractivity contribution in [1.82, 2.24) is 25.4 Å². The Morgan fingerprint density at radius 2 is 2.12 bits per heavy atom. The van der Waals surface area contributed by atoms with Crippen LogP contribution in [-0.2, 0) is 13.0 Å². The fourth-order valence-corrected chi connectivity index (χ4v) is 2.69. The summed E-state index contributed by atoms with van der Waals surface area (Å²) in [5, 5.41) is 12.1. The molecule has 0 saturated heterocycles. The van der Waals surface area contributed by atoms with Crippen molar-refractivity contribution >= 4 is 40.8 Å². The summed E-state index contributed by atoms with van der Waals surface area (Å²) in [5.74, 6) is 0.851. The molecule has 0 spiro atoms. The molecule has 0 aliphatic heterocycles. The molecule has 0 aliphatic carbocycles. The monoisotopic (exact) mass is 452 g/mol. The lowest BCUT2D eigenvalue weighted by atomic mass is 10.1. The quantitative estimate of drug-likeness (QED) is 0.294. The van der Waals surface area contributed by atoms with Gasteiger partial charge in [-0.2, -0.15) is 5.10 Å². The second-order valence-corrected chi connectivity index (χ2v) is 5.57. The molecular formula is C18H25IN6. The maximum absolute atomic E-state index is 4.66. The molecule has 6 nitrogen and oxygen atoms in total. The van der Waals surface area contributed by atoms with E-state index in [9.17, 15) is 0 Å². The normalized spacial score (nSPS) is 11.3. The Labute approximate surface area is 165 Å². The highest BCUT2D eigenvalue weighted by atomic mass is 127. The van der Waals surface area contributed by atoms with Crippen molar-refractivity contribution in [2.45, 2.75) is 19.9 Å². The van der Waals surface area contributed by atoms with Crippen molar-refractivity contribution in [3.8, 4) is 0 Å². The van der Waals surface area contributed by atoms with E-state index >= 15 is 0 Å². The number of aliphatic imine (C=N–C) groups is 1. The van der Waals surface area contributed by atoms with Gasteiger partial charge in [0, 0.05) is 49.1 Å². The van der Waals surface area contributed by atoms with Gasteiger partial charge < -0.3 is 15.6 Å². The van der Waals surface area contributed by atoms with E-state index in [1.807, 2.05) is 23.0 Å². The van der Waals surface area contributed by atoms with Gasteiger partial charge in [-0.1, -0.05) is 18.2 Å². The first-order valence-corrected chi connectivity index (χ1v) is 8.41. The van der Waals surface area contributed by atoms with Gasteiger partial charge in [-0.25, -0.2) is 0 Å². The first kappa shape index (κ1) is 19.3. The summed E-state index contributed by atoms with van der Waals surface area (Å²) in [6, 6.07) is 10.3. The van der Waals surface area contributed by atoms with Crippen molar-refractivity contribution in [3.63, 3.8) is 0 Å². The summed E-state index contributed by atoms with van der Waals surface area (Å²) < 4.78 is 1.91. The number of halogens is 1. The molecule has 0 fully saturated rings. The fourth-order valence-electron chi connectivity index (χ4n) is 2.69. The molecule has 25 heavy (non-hydrogen) atoms. The highest BCUT2D eigenvalue weighted by Gasteiger charge is 2.03. The minimum atomic E-state index is 0. The number of nitrogens with zero attached hydrogens (tertiary/aromatic N) is 3. The maximum Gasteiger partial charge on any atom is 0.191 e. The van der Waals surface area contributed by atoms with E-state index < -0.39 is 0 Å². The van der Waals surface area contributed by atoms with E-state index in [0.29, 0.717) is 0 Å². The average Bonchev–Trinajstić information content (AvgIpc) is 3.25. The molecule has 1 aromatic carbocycles. The number of guanidine groups is 1. The number of aromatic amines is 1. The van der Waals surface area contributed by atoms with Crippen LogP contribution in [-0.4, -0.2) is 40.4 Å². The second-order valence-electron chi connectivity index (χ2n) is 5.57. The summed E-state index contributed by atoms with van der Waals surface area (Å²) in [6.07, 6.45) is 6.75. The molecule has 0 bridgehead atoms. The number of aromatic nitrogens is 3. The maximum atomic E-state index is 4.66. The topological polar surface area (TPSA) is 70.0 Å². The van der Waals surface area contributed by atoms with Gasteiger partial charge in [0.25, 0.3) is 0 Å². The van der Waals surface area contributed by atoms with E-state index in [0.717, 1.165) is 38.6 Å². The van der Waals surface area contributed by atoms with Gasteiger partial charge in [0.15, 0.2) is 5.96 Å². The molecule has 0 unspecified atom stereocenters. The first-order valence-electron chi connectivity index (χ1n) is 8.41. The van der Waals surface area contributed by atoms with E-state index in [4.69, 9.17) is 0 Å². The van der Waals surface area contributed by atoms with Gasteiger partial charge in [0.05, 0.1) is 6.54 Å². The van der Waals surface area contributed by atoms with E-state index in [1.54, 1.807) is 6.20 Å². The number of para-hydroxylation sites is 1. The van der Waals surface area contributed by atoms with Gasteiger partial charge in [0.2, 0.25) is 0 Å². The highest BCUT2D eigenvalue weighted by Crippen LogP contribution is 2.17. The lowest BCUT2D eigenvalue weighted by Gasteiger charge is -2.11. The zero-order chi connectivity index (χ0) is 16.6. The van der Waals surface area contributed by atoms with Crippen molar-refractivity contribution in [3.05, 3.63) is 54.5 Å². The third-order valence-corrected chi connectivity index (χ3v) is 3.86. The second kappa shape index (κ2) is 10.1. The largest absolute Gasteiger partial charge is 0.361 e. The third-order valence-electron chi connectivity index (χ3n) is 3.86. The number of nitrogens with one attached hydrogen (secondary N) is 3. The molecule has 2 aromatic heterocycles. The minimum absolute atomic E-state index is 0. The summed E-state index contributed by atoms with van der Waals surface area (Å²) >= 11 is 0. The molecule has 3 rings (SSSR count). The summed E-state index contributed by atoms with van der Waals surface area (Å²) in [6.45, 7) is 5.28. The van der Waals surface area contributed by atoms with Crippen LogP contribution >= 0.6 is 24.0 Å². The van der Waals surface area contributed by atoms with Crippen LogP contribution in [0.25, 0.3) is 10.9 Å². The Kier molecular flexibility index (Phi) is 7.77. The van der Waals surface area contributed by atoms with Crippen LogP contribution in [0.1, 0.15) is 12.5 Å². The number of hydrogen-bond donors (Lipinski definition) is 3. The van der Waals surface area contributed by atoms with Gasteiger partial charge in [0.1, 0.15) is 0 Å². The Morgan fingerprint density at radius 3 is 2.92 bits per heavy atom. The lowest BCUT2D eigenvalue weighted by molar-refractivity contribution is 0.598. The number of H-pyrrole nitrogens is 1. The zero-order valence-electron chi connectivity index (χ0n) is 14.4. The van der Waals surface area contributed by atoms with Gasteiger partial charge in [-0.15, -0.1) is 24.0 Å². The zero-order valence-corrected chi connectivity index (χ0v) is 16.7. The Balaban J connectivity index is 0.00000225. The molecule has 0 saturated carbocycles. The van der Waals surface area contributed by atoms with E-state index in [-0.39, 0.29) is 24.0 Å². The third kappa shape index (κ3) is 5.48. The van der Waals surface area contributed by atoms with Crippen LogP contribution in [0.15, 0.2) is 53.9 Å². The molecular weight excluding hydrogens is 427 g/mol. The Hall–Kier alpha value is -2.03. The van der Waals surface area contributed by atoms with Crippen molar-refractivity contribution < 1.29 is 0 Å². The Bertz CT molecular complexity index is 778. The number of rotatable bonds is 7. The Morgan fingerprint density at radius 1 is 1.24 bits per heavy atom. The summed E-state index contributed by atoms with van der Waals surface area (Å²) in [4.78, 5) is 7.98. The average molecular weight is 452 g/mol.